The topological polar surface area (TPSA) is 89.3 Å². The minimum Gasteiger partial charge on any atom is -0.384 e. The Labute approximate surface area is 101 Å². The van der Waals surface area contributed by atoms with Crippen LogP contribution in [0.5, 0.6) is 0 Å². The van der Waals surface area contributed by atoms with E-state index in [1.54, 1.807) is 0 Å². The van der Waals surface area contributed by atoms with Crippen LogP contribution in [-0.2, 0) is 14.6 Å². The normalized spacial score (nSPS) is 11.1. The Balaban J connectivity index is 2.42. The van der Waals surface area contributed by atoms with Crippen LogP contribution in [0.1, 0.15) is 5.56 Å². The van der Waals surface area contributed by atoms with Crippen LogP contribution in [0, 0.1) is 6.92 Å². The molecule has 1 aromatic carbocycles. The predicted octanol–water partition coefficient (Wildman–Crippen LogP) is 0.307. The lowest BCUT2D eigenvalue weighted by molar-refractivity contribution is -0.115. The Bertz CT molecular complexity index is 480. The third kappa shape index (κ3) is 5.35. The highest BCUT2D eigenvalue weighted by Gasteiger charge is 2.13. The van der Waals surface area contributed by atoms with Gasteiger partial charge < -0.3 is 11.1 Å². The van der Waals surface area contributed by atoms with Crippen LogP contribution >= 0.6 is 0 Å². The minimum atomic E-state index is -3.40. The molecule has 0 aliphatic carbocycles. The molecule has 0 aliphatic rings. The number of carbonyl (C=O) groups excluding carboxylic acids is 1. The maximum atomic E-state index is 11.3. The van der Waals surface area contributed by atoms with Gasteiger partial charge in [-0.2, -0.15) is 0 Å². The first-order valence-corrected chi connectivity index (χ1v) is 7.00. The fraction of sp³-hybridized carbons (Fsp3) is 0.364. The van der Waals surface area contributed by atoms with E-state index in [4.69, 9.17) is 5.73 Å². The van der Waals surface area contributed by atoms with Crippen LogP contribution in [0.3, 0.4) is 0 Å². The molecule has 3 N–H and O–H groups in total. The zero-order valence-corrected chi connectivity index (χ0v) is 10.5. The summed E-state index contributed by atoms with van der Waals surface area (Å²) in [6, 6.07) is 7.60. The Kier molecular flexibility index (Phi) is 4.51. The van der Waals surface area contributed by atoms with E-state index in [1.807, 2.05) is 31.2 Å². The molecule has 0 radical (unpaired) electrons. The monoisotopic (exact) mass is 256 g/mol. The van der Waals surface area contributed by atoms with E-state index >= 15 is 0 Å². The molecule has 0 saturated heterocycles. The number of anilines is 1. The third-order valence-corrected chi connectivity index (χ3v) is 3.71. The Morgan fingerprint density at radius 1 is 1.29 bits per heavy atom. The van der Waals surface area contributed by atoms with Crippen molar-refractivity contribution in [3.8, 4) is 0 Å². The summed E-state index contributed by atoms with van der Waals surface area (Å²) in [5, 5.41) is 2.97. The van der Waals surface area contributed by atoms with Crippen LogP contribution < -0.4 is 11.1 Å². The molecule has 0 aliphatic heterocycles. The molecule has 5 nitrogen and oxygen atoms in total. The Morgan fingerprint density at radius 2 is 1.88 bits per heavy atom. The zero-order chi connectivity index (χ0) is 12.9. The maximum absolute atomic E-state index is 11.3. The van der Waals surface area contributed by atoms with Crippen LogP contribution in [0.25, 0.3) is 0 Å². The van der Waals surface area contributed by atoms with E-state index in [-0.39, 0.29) is 12.3 Å². The number of hydrogen-bond acceptors (Lipinski definition) is 4. The second kappa shape index (κ2) is 5.67. The minimum absolute atomic E-state index is 0.107. The van der Waals surface area contributed by atoms with Crippen molar-refractivity contribution < 1.29 is 13.2 Å². The van der Waals surface area contributed by atoms with Crippen molar-refractivity contribution in [2.45, 2.75) is 6.92 Å². The zero-order valence-electron chi connectivity index (χ0n) is 9.64. The van der Waals surface area contributed by atoms with Gasteiger partial charge in [0.15, 0.2) is 9.84 Å². The number of rotatable bonds is 6. The summed E-state index contributed by atoms with van der Waals surface area (Å²) in [5.74, 6) is -1.52. The highest BCUT2D eigenvalue weighted by atomic mass is 32.2. The number of amides is 1. The number of hydrogen-bond donors (Lipinski definition) is 2. The lowest BCUT2D eigenvalue weighted by Crippen LogP contribution is -2.27. The van der Waals surface area contributed by atoms with Gasteiger partial charge in [-0.05, 0) is 19.1 Å². The lowest BCUT2D eigenvalue weighted by Gasteiger charge is -2.06. The second-order valence-corrected chi connectivity index (χ2v) is 6.04. The van der Waals surface area contributed by atoms with E-state index in [2.05, 4.69) is 5.32 Å². The first kappa shape index (κ1) is 13.5. The average Bonchev–Trinajstić information content (AvgIpc) is 2.18. The van der Waals surface area contributed by atoms with Crippen molar-refractivity contribution in [1.82, 2.24) is 0 Å². The van der Waals surface area contributed by atoms with Gasteiger partial charge in [-0.3, -0.25) is 4.79 Å². The standard InChI is InChI=1S/C11H16N2O3S/c1-9-2-4-10(5-3-9)13-6-7-17(15,16)8-11(12)14/h2-5,13H,6-8H2,1H3,(H2,12,14). The quantitative estimate of drug-likeness (QED) is 0.766. The summed E-state index contributed by atoms with van der Waals surface area (Å²) >= 11 is 0. The van der Waals surface area contributed by atoms with Crippen LogP contribution in [0.4, 0.5) is 5.69 Å². The van der Waals surface area contributed by atoms with Crippen molar-refractivity contribution in [1.29, 1.82) is 0 Å². The maximum Gasteiger partial charge on any atom is 0.232 e. The highest BCUT2D eigenvalue weighted by molar-refractivity contribution is 7.92. The number of nitrogens with one attached hydrogen (secondary N) is 1. The molecule has 1 rings (SSSR count). The number of primary amides is 1. The Morgan fingerprint density at radius 3 is 2.41 bits per heavy atom. The van der Waals surface area contributed by atoms with Gasteiger partial charge in [0.05, 0.1) is 5.75 Å². The van der Waals surface area contributed by atoms with Crippen molar-refractivity contribution >= 4 is 21.4 Å². The molecule has 0 unspecified atom stereocenters. The number of aryl methyl sites for hydroxylation is 1. The SMILES string of the molecule is Cc1ccc(NCCS(=O)(=O)CC(N)=O)cc1. The summed E-state index contributed by atoms with van der Waals surface area (Å²) in [6.45, 7) is 2.24. The van der Waals surface area contributed by atoms with E-state index in [9.17, 15) is 13.2 Å². The smallest absolute Gasteiger partial charge is 0.232 e. The lowest BCUT2D eigenvalue weighted by atomic mass is 10.2. The fourth-order valence-electron chi connectivity index (χ4n) is 1.31. The molecule has 0 saturated carbocycles. The molecule has 0 heterocycles. The van der Waals surface area contributed by atoms with Crippen molar-refractivity contribution in [2.24, 2.45) is 5.73 Å². The summed E-state index contributed by atoms with van der Waals surface area (Å²) in [4.78, 5) is 10.5. The molecular weight excluding hydrogens is 240 g/mol. The van der Waals surface area contributed by atoms with Gasteiger partial charge in [-0.15, -0.1) is 0 Å². The fourth-order valence-corrected chi connectivity index (χ4v) is 2.30. The molecule has 0 bridgehead atoms. The second-order valence-electron chi connectivity index (χ2n) is 3.85. The molecule has 17 heavy (non-hydrogen) atoms. The molecule has 0 aromatic heterocycles. The van der Waals surface area contributed by atoms with E-state index in [0.717, 1.165) is 11.3 Å². The van der Waals surface area contributed by atoms with Gasteiger partial charge in [0.25, 0.3) is 0 Å². The van der Waals surface area contributed by atoms with Gasteiger partial charge in [0, 0.05) is 12.2 Å². The van der Waals surface area contributed by atoms with Gasteiger partial charge in [-0.25, -0.2) is 8.42 Å². The average molecular weight is 256 g/mol. The molecular formula is C11H16N2O3S. The van der Waals surface area contributed by atoms with Crippen molar-refractivity contribution in [3.05, 3.63) is 29.8 Å². The van der Waals surface area contributed by atoms with Crippen molar-refractivity contribution in [3.63, 3.8) is 0 Å². The van der Waals surface area contributed by atoms with E-state index in [1.165, 1.54) is 0 Å². The van der Waals surface area contributed by atoms with Gasteiger partial charge in [-0.1, -0.05) is 17.7 Å². The van der Waals surface area contributed by atoms with Gasteiger partial charge in [0.1, 0.15) is 5.75 Å². The summed E-state index contributed by atoms with van der Waals surface area (Å²) in [6.07, 6.45) is 0. The molecule has 94 valence electrons. The molecule has 6 heteroatoms. The molecule has 1 amide bonds. The largest absolute Gasteiger partial charge is 0.384 e. The summed E-state index contributed by atoms with van der Waals surface area (Å²) in [7, 11) is -3.40. The molecule has 1 aromatic rings. The third-order valence-electron chi connectivity index (χ3n) is 2.16. The Hall–Kier alpha value is -1.56. The number of nitrogens with two attached hydrogens (primary N) is 1. The van der Waals surface area contributed by atoms with Crippen LogP contribution in [0.2, 0.25) is 0 Å². The molecule has 0 fully saturated rings. The number of sulfone groups is 1. The van der Waals surface area contributed by atoms with Crippen LogP contribution in [0.15, 0.2) is 24.3 Å². The van der Waals surface area contributed by atoms with Gasteiger partial charge >= 0.3 is 0 Å². The molecule has 0 spiro atoms. The summed E-state index contributed by atoms with van der Waals surface area (Å²) < 4.78 is 22.7. The van der Waals surface area contributed by atoms with Gasteiger partial charge in [0.2, 0.25) is 5.91 Å². The van der Waals surface area contributed by atoms with E-state index in [0.29, 0.717) is 0 Å². The summed E-state index contributed by atoms with van der Waals surface area (Å²) in [5.41, 5.74) is 6.83. The van der Waals surface area contributed by atoms with Crippen LogP contribution in [-0.4, -0.2) is 32.4 Å². The number of carbonyl (C=O) groups is 1. The van der Waals surface area contributed by atoms with Crippen molar-refractivity contribution in [2.75, 3.05) is 23.4 Å². The predicted molar refractivity (Wildman–Crippen MR) is 67.5 cm³/mol. The highest BCUT2D eigenvalue weighted by Crippen LogP contribution is 2.08. The van der Waals surface area contributed by atoms with E-state index < -0.39 is 21.5 Å². The number of benzene rings is 1. The molecule has 0 atom stereocenters. The first-order valence-electron chi connectivity index (χ1n) is 5.18. The first-order chi connectivity index (χ1) is 7.89.